The Morgan fingerprint density at radius 3 is 2.74 bits per heavy atom. The molecular weight excluding hydrogens is 238 g/mol. The number of nitrogens with one attached hydrogen (secondary N) is 1. The van der Waals surface area contributed by atoms with Crippen molar-refractivity contribution in [1.82, 2.24) is 15.1 Å². The summed E-state index contributed by atoms with van der Waals surface area (Å²) < 4.78 is 0. The van der Waals surface area contributed by atoms with Gasteiger partial charge in [0.25, 0.3) is 0 Å². The zero-order chi connectivity index (χ0) is 13.8. The van der Waals surface area contributed by atoms with E-state index in [0.29, 0.717) is 30.5 Å². The molecule has 110 valence electrons. The highest BCUT2D eigenvalue weighted by Gasteiger charge is 2.29. The highest BCUT2D eigenvalue weighted by Crippen LogP contribution is 2.27. The second-order valence-electron chi connectivity index (χ2n) is 6.36. The fourth-order valence-electron chi connectivity index (χ4n) is 3.46. The number of carbonyl (C=O) groups excluding carboxylic acids is 1. The highest BCUT2D eigenvalue weighted by atomic mass is 16.2. The Morgan fingerprint density at radius 1 is 1.32 bits per heavy atom. The third-order valence-electron chi connectivity index (χ3n) is 4.93. The average molecular weight is 267 g/mol. The Hall–Kier alpha value is -0.610. The number of carbonyl (C=O) groups is 1. The fraction of sp³-hybridized carbons (Fsp3) is 0.933. The van der Waals surface area contributed by atoms with Gasteiger partial charge in [-0.25, -0.2) is 0 Å². The molecule has 0 aromatic heterocycles. The van der Waals surface area contributed by atoms with Crippen LogP contribution in [0.2, 0.25) is 0 Å². The maximum atomic E-state index is 12.5. The first-order chi connectivity index (χ1) is 9.09. The van der Waals surface area contributed by atoms with Crippen LogP contribution in [0.3, 0.4) is 0 Å². The number of hydrogen-bond acceptors (Lipinski definition) is 3. The molecule has 3 atom stereocenters. The first-order valence-electron chi connectivity index (χ1n) is 7.80. The molecule has 0 aromatic carbocycles. The second-order valence-corrected chi connectivity index (χ2v) is 6.36. The van der Waals surface area contributed by atoms with Crippen molar-refractivity contribution >= 4 is 5.91 Å². The van der Waals surface area contributed by atoms with Gasteiger partial charge >= 0.3 is 0 Å². The van der Waals surface area contributed by atoms with Crippen molar-refractivity contribution in [1.29, 1.82) is 0 Å². The van der Waals surface area contributed by atoms with Crippen LogP contribution >= 0.6 is 0 Å². The van der Waals surface area contributed by atoms with Crippen LogP contribution in [0.25, 0.3) is 0 Å². The fourth-order valence-corrected chi connectivity index (χ4v) is 3.46. The molecule has 2 rings (SSSR count). The molecule has 0 bridgehead atoms. The molecule has 4 heteroatoms. The van der Waals surface area contributed by atoms with E-state index in [4.69, 9.17) is 0 Å². The molecule has 4 nitrogen and oxygen atoms in total. The molecular formula is C15H29N3O. The SMILES string of the molecule is CC1CCCCC1N(C)C(=O)CN1CCNC[C@H]1C. The Bertz CT molecular complexity index is 308. The normalized spacial score (nSPS) is 33.1. The Labute approximate surface area is 117 Å². The number of amides is 1. The summed E-state index contributed by atoms with van der Waals surface area (Å²) in [6, 6.07) is 0.925. The monoisotopic (exact) mass is 267 g/mol. The molecule has 19 heavy (non-hydrogen) atoms. The minimum Gasteiger partial charge on any atom is -0.341 e. The first kappa shape index (κ1) is 14.8. The maximum absolute atomic E-state index is 12.5. The molecule has 1 aliphatic heterocycles. The quantitative estimate of drug-likeness (QED) is 0.837. The molecule has 1 amide bonds. The number of hydrogen-bond donors (Lipinski definition) is 1. The van der Waals surface area contributed by atoms with Crippen molar-refractivity contribution in [3.8, 4) is 0 Å². The van der Waals surface area contributed by atoms with E-state index >= 15 is 0 Å². The molecule has 0 radical (unpaired) electrons. The van der Waals surface area contributed by atoms with E-state index in [1.165, 1.54) is 25.7 Å². The minimum atomic E-state index is 0.299. The summed E-state index contributed by atoms with van der Waals surface area (Å²) >= 11 is 0. The zero-order valence-electron chi connectivity index (χ0n) is 12.7. The summed E-state index contributed by atoms with van der Waals surface area (Å²) in [7, 11) is 2.00. The molecule has 1 saturated carbocycles. The van der Waals surface area contributed by atoms with Gasteiger partial charge in [-0.2, -0.15) is 0 Å². The number of nitrogens with zero attached hydrogens (tertiary/aromatic N) is 2. The molecule has 1 aliphatic carbocycles. The Kier molecular flexibility index (Phi) is 5.22. The van der Waals surface area contributed by atoms with Crippen molar-refractivity contribution in [2.45, 2.75) is 51.6 Å². The van der Waals surface area contributed by atoms with Crippen LogP contribution in [0.5, 0.6) is 0 Å². The first-order valence-corrected chi connectivity index (χ1v) is 7.80. The lowest BCUT2D eigenvalue weighted by Crippen LogP contribution is -2.54. The molecule has 2 unspecified atom stereocenters. The third kappa shape index (κ3) is 3.69. The predicted octanol–water partition coefficient (Wildman–Crippen LogP) is 1.32. The molecule has 0 spiro atoms. The second kappa shape index (κ2) is 6.71. The predicted molar refractivity (Wildman–Crippen MR) is 78.1 cm³/mol. The summed E-state index contributed by atoms with van der Waals surface area (Å²) in [5, 5.41) is 3.37. The van der Waals surface area contributed by atoms with E-state index in [9.17, 15) is 4.79 Å². The summed E-state index contributed by atoms with van der Waals surface area (Å²) in [4.78, 5) is 16.8. The molecule has 1 N–H and O–H groups in total. The molecule has 0 aromatic rings. The van der Waals surface area contributed by atoms with Gasteiger partial charge in [-0.1, -0.05) is 19.8 Å². The van der Waals surface area contributed by atoms with Crippen molar-refractivity contribution < 1.29 is 4.79 Å². The van der Waals surface area contributed by atoms with E-state index in [-0.39, 0.29) is 0 Å². The van der Waals surface area contributed by atoms with E-state index in [0.717, 1.165) is 19.6 Å². The van der Waals surface area contributed by atoms with Gasteiger partial charge in [0.15, 0.2) is 0 Å². The summed E-state index contributed by atoms with van der Waals surface area (Å²) in [5.41, 5.74) is 0. The van der Waals surface area contributed by atoms with Crippen LogP contribution in [0.4, 0.5) is 0 Å². The van der Waals surface area contributed by atoms with Crippen molar-refractivity contribution in [2.75, 3.05) is 33.2 Å². The lowest BCUT2D eigenvalue weighted by molar-refractivity contribution is -0.135. The van der Waals surface area contributed by atoms with Gasteiger partial charge in [0, 0.05) is 38.8 Å². The smallest absolute Gasteiger partial charge is 0.236 e. The molecule has 1 saturated heterocycles. The summed E-state index contributed by atoms with van der Waals surface area (Å²) in [6.07, 6.45) is 5.05. The van der Waals surface area contributed by atoms with E-state index in [1.807, 2.05) is 11.9 Å². The van der Waals surface area contributed by atoms with E-state index in [2.05, 4.69) is 24.1 Å². The van der Waals surface area contributed by atoms with Gasteiger partial charge in [-0.3, -0.25) is 9.69 Å². The van der Waals surface area contributed by atoms with Crippen LogP contribution in [0.1, 0.15) is 39.5 Å². The zero-order valence-corrected chi connectivity index (χ0v) is 12.7. The standard InChI is InChI=1S/C15H29N3O/c1-12-6-4-5-7-14(12)17(3)15(19)11-18-9-8-16-10-13(18)2/h12-14,16H,4-11H2,1-3H3/t12?,13-,14?/m1/s1. The van der Waals surface area contributed by atoms with Crippen LogP contribution in [-0.4, -0.2) is 61.0 Å². The van der Waals surface area contributed by atoms with Gasteiger partial charge in [-0.05, 0) is 25.7 Å². The van der Waals surface area contributed by atoms with Crippen LogP contribution in [0.15, 0.2) is 0 Å². The Balaban J connectivity index is 1.87. The van der Waals surface area contributed by atoms with E-state index in [1.54, 1.807) is 0 Å². The summed E-state index contributed by atoms with van der Waals surface area (Å²) in [6.45, 7) is 8.06. The third-order valence-corrected chi connectivity index (χ3v) is 4.93. The topological polar surface area (TPSA) is 35.6 Å². The van der Waals surface area contributed by atoms with Gasteiger partial charge in [-0.15, -0.1) is 0 Å². The average Bonchev–Trinajstić information content (AvgIpc) is 2.41. The van der Waals surface area contributed by atoms with Gasteiger partial charge in [0.1, 0.15) is 0 Å². The van der Waals surface area contributed by atoms with Gasteiger partial charge in [0.2, 0.25) is 5.91 Å². The van der Waals surface area contributed by atoms with Crippen molar-refractivity contribution in [3.63, 3.8) is 0 Å². The highest BCUT2D eigenvalue weighted by molar-refractivity contribution is 5.78. The number of likely N-dealkylation sites (N-methyl/N-ethyl adjacent to an activating group) is 1. The number of piperazine rings is 1. The van der Waals surface area contributed by atoms with Crippen molar-refractivity contribution in [3.05, 3.63) is 0 Å². The molecule has 1 heterocycles. The van der Waals surface area contributed by atoms with E-state index < -0.39 is 0 Å². The largest absolute Gasteiger partial charge is 0.341 e. The van der Waals surface area contributed by atoms with Crippen LogP contribution < -0.4 is 5.32 Å². The minimum absolute atomic E-state index is 0.299. The summed E-state index contributed by atoms with van der Waals surface area (Å²) in [5.74, 6) is 0.954. The van der Waals surface area contributed by atoms with Crippen molar-refractivity contribution in [2.24, 2.45) is 5.92 Å². The van der Waals surface area contributed by atoms with Gasteiger partial charge < -0.3 is 10.2 Å². The molecule has 2 aliphatic rings. The molecule has 2 fully saturated rings. The van der Waals surface area contributed by atoms with Crippen LogP contribution in [-0.2, 0) is 4.79 Å². The number of rotatable bonds is 3. The maximum Gasteiger partial charge on any atom is 0.236 e. The Morgan fingerprint density at radius 2 is 2.05 bits per heavy atom. The van der Waals surface area contributed by atoms with Gasteiger partial charge in [0.05, 0.1) is 6.54 Å². The lowest BCUT2D eigenvalue weighted by Gasteiger charge is -2.39. The van der Waals surface area contributed by atoms with Crippen LogP contribution in [0, 0.1) is 5.92 Å². The lowest BCUT2D eigenvalue weighted by atomic mass is 9.85.